The molecule has 6 nitrogen and oxygen atoms in total. The van der Waals surface area contributed by atoms with Crippen molar-refractivity contribution >= 4 is 11.6 Å². The minimum atomic E-state index is -1.33. The van der Waals surface area contributed by atoms with Crippen LogP contribution >= 0.6 is 0 Å². The van der Waals surface area contributed by atoms with Gasteiger partial charge in [-0.3, -0.25) is 14.9 Å². The zero-order valence-corrected chi connectivity index (χ0v) is 10.7. The van der Waals surface area contributed by atoms with Crippen LogP contribution in [0.4, 0.5) is 14.5 Å². The molecule has 1 aromatic rings. The van der Waals surface area contributed by atoms with Gasteiger partial charge in [0.05, 0.1) is 22.1 Å². The number of hydrogen-bond acceptors (Lipinski definition) is 4. The number of nitrogens with one attached hydrogen (secondary N) is 2. The van der Waals surface area contributed by atoms with Gasteiger partial charge in [0.15, 0.2) is 0 Å². The van der Waals surface area contributed by atoms with Crippen LogP contribution in [0.15, 0.2) is 12.1 Å². The number of carbonyl (C=O) groups excluding carboxylic acids is 1. The Kier molecular flexibility index (Phi) is 3.67. The SMILES string of the molecule is CC1(NC(=O)c2cc(F)cc([N+](=O)[O-])c2F)CCNC1. The van der Waals surface area contributed by atoms with Gasteiger partial charge in [0, 0.05) is 6.54 Å². The van der Waals surface area contributed by atoms with Gasteiger partial charge < -0.3 is 10.6 Å². The van der Waals surface area contributed by atoms with Crippen LogP contribution < -0.4 is 10.6 Å². The van der Waals surface area contributed by atoms with Crippen LogP contribution in [-0.2, 0) is 0 Å². The molecule has 20 heavy (non-hydrogen) atoms. The van der Waals surface area contributed by atoms with E-state index in [1.807, 2.05) is 0 Å². The third kappa shape index (κ3) is 2.74. The topological polar surface area (TPSA) is 84.3 Å². The van der Waals surface area contributed by atoms with Gasteiger partial charge in [-0.25, -0.2) is 4.39 Å². The summed E-state index contributed by atoms with van der Waals surface area (Å²) < 4.78 is 27.1. The van der Waals surface area contributed by atoms with Crippen molar-refractivity contribution in [3.63, 3.8) is 0 Å². The summed E-state index contributed by atoms with van der Waals surface area (Å²) in [5.41, 5.74) is -2.29. The van der Waals surface area contributed by atoms with E-state index in [9.17, 15) is 23.7 Å². The number of halogens is 2. The highest BCUT2D eigenvalue weighted by molar-refractivity contribution is 5.95. The third-order valence-corrected chi connectivity index (χ3v) is 3.24. The molecule has 0 saturated carbocycles. The molecule has 2 rings (SSSR count). The molecule has 0 bridgehead atoms. The van der Waals surface area contributed by atoms with Gasteiger partial charge in [-0.2, -0.15) is 4.39 Å². The average Bonchev–Trinajstić information content (AvgIpc) is 2.77. The fourth-order valence-electron chi connectivity index (χ4n) is 2.14. The molecular formula is C12H13F2N3O3. The van der Waals surface area contributed by atoms with Gasteiger partial charge in [0.25, 0.3) is 5.91 Å². The van der Waals surface area contributed by atoms with Gasteiger partial charge in [0.1, 0.15) is 5.82 Å². The van der Waals surface area contributed by atoms with Crippen molar-refractivity contribution in [2.75, 3.05) is 13.1 Å². The summed E-state index contributed by atoms with van der Waals surface area (Å²) in [5.74, 6) is -3.22. The first kappa shape index (κ1) is 14.3. The number of rotatable bonds is 3. The maximum atomic E-state index is 13.9. The first-order valence-corrected chi connectivity index (χ1v) is 5.99. The third-order valence-electron chi connectivity index (χ3n) is 3.24. The van der Waals surface area contributed by atoms with Gasteiger partial charge in [0.2, 0.25) is 5.82 Å². The average molecular weight is 285 g/mol. The number of nitrogens with zero attached hydrogens (tertiary/aromatic N) is 1. The van der Waals surface area contributed by atoms with Gasteiger partial charge in [-0.1, -0.05) is 0 Å². The molecule has 0 aromatic heterocycles. The highest BCUT2D eigenvalue weighted by Gasteiger charge is 2.32. The van der Waals surface area contributed by atoms with Crippen LogP contribution in [0.25, 0.3) is 0 Å². The minimum Gasteiger partial charge on any atom is -0.345 e. The molecule has 2 N–H and O–H groups in total. The molecule has 1 unspecified atom stereocenters. The van der Waals surface area contributed by atoms with Crippen LogP contribution in [0.2, 0.25) is 0 Å². The van der Waals surface area contributed by atoms with Crippen LogP contribution in [0.3, 0.4) is 0 Å². The summed E-state index contributed by atoms with van der Waals surface area (Å²) in [5, 5.41) is 16.2. The van der Waals surface area contributed by atoms with Crippen LogP contribution in [-0.4, -0.2) is 29.5 Å². The maximum Gasteiger partial charge on any atom is 0.308 e. The zero-order chi connectivity index (χ0) is 14.9. The lowest BCUT2D eigenvalue weighted by Crippen LogP contribution is -2.47. The Labute approximate surface area is 113 Å². The Bertz CT molecular complexity index is 571. The second kappa shape index (κ2) is 5.12. The highest BCUT2D eigenvalue weighted by Crippen LogP contribution is 2.23. The number of benzene rings is 1. The number of nitro groups is 1. The standard InChI is InChI=1S/C12H13F2N3O3/c1-12(2-3-15-6-12)16-11(18)8-4-7(13)5-9(10(8)14)17(19)20/h4-5,15H,2-3,6H2,1H3,(H,16,18). The van der Waals surface area contributed by atoms with Crippen molar-refractivity contribution in [2.24, 2.45) is 0 Å². The van der Waals surface area contributed by atoms with Crippen molar-refractivity contribution in [1.29, 1.82) is 0 Å². The largest absolute Gasteiger partial charge is 0.345 e. The van der Waals surface area contributed by atoms with E-state index in [1.54, 1.807) is 6.92 Å². The molecule has 1 atom stereocenters. The number of nitro benzene ring substituents is 1. The van der Waals surface area contributed by atoms with Gasteiger partial charge in [-0.15, -0.1) is 0 Å². The monoisotopic (exact) mass is 285 g/mol. The molecule has 1 amide bonds. The Morgan fingerprint density at radius 2 is 2.20 bits per heavy atom. The van der Waals surface area contributed by atoms with E-state index in [2.05, 4.69) is 10.6 Å². The van der Waals surface area contributed by atoms with Crippen LogP contribution in [0.1, 0.15) is 23.7 Å². The molecule has 1 saturated heterocycles. The predicted molar refractivity (Wildman–Crippen MR) is 66.4 cm³/mol. The summed E-state index contributed by atoms with van der Waals surface area (Å²) >= 11 is 0. The van der Waals surface area contributed by atoms with E-state index < -0.39 is 39.3 Å². The summed E-state index contributed by atoms with van der Waals surface area (Å²) in [6.07, 6.45) is 0.637. The Morgan fingerprint density at radius 1 is 1.50 bits per heavy atom. The van der Waals surface area contributed by atoms with Crippen molar-refractivity contribution in [3.8, 4) is 0 Å². The molecule has 0 aliphatic carbocycles. The molecule has 1 fully saturated rings. The summed E-state index contributed by atoms with van der Waals surface area (Å²) in [6.45, 7) is 2.96. The van der Waals surface area contributed by atoms with E-state index >= 15 is 0 Å². The molecule has 108 valence electrons. The summed E-state index contributed by atoms with van der Waals surface area (Å²) in [4.78, 5) is 21.5. The molecule has 1 aliphatic rings. The van der Waals surface area contributed by atoms with E-state index in [1.165, 1.54) is 0 Å². The minimum absolute atomic E-state index is 0.449. The molecule has 0 spiro atoms. The molecule has 8 heteroatoms. The number of hydrogen-bond donors (Lipinski definition) is 2. The van der Waals surface area contributed by atoms with Gasteiger partial charge >= 0.3 is 5.69 Å². The second-order valence-electron chi connectivity index (χ2n) is 4.99. The van der Waals surface area contributed by atoms with E-state index in [0.717, 1.165) is 0 Å². The Hall–Kier alpha value is -2.09. The maximum absolute atomic E-state index is 13.9. The lowest BCUT2D eigenvalue weighted by Gasteiger charge is -2.24. The summed E-state index contributed by atoms with van der Waals surface area (Å²) in [7, 11) is 0. The normalized spacial score (nSPS) is 21.8. The van der Waals surface area contributed by atoms with E-state index in [4.69, 9.17) is 0 Å². The van der Waals surface area contributed by atoms with Crippen LogP contribution in [0, 0.1) is 21.7 Å². The predicted octanol–water partition coefficient (Wildman–Crippen LogP) is 1.35. The van der Waals surface area contributed by atoms with Crippen molar-refractivity contribution in [3.05, 3.63) is 39.4 Å². The first-order chi connectivity index (χ1) is 9.32. The van der Waals surface area contributed by atoms with E-state index in [-0.39, 0.29) is 0 Å². The lowest BCUT2D eigenvalue weighted by molar-refractivity contribution is -0.387. The fraction of sp³-hybridized carbons (Fsp3) is 0.417. The Balaban J connectivity index is 2.32. The summed E-state index contributed by atoms with van der Waals surface area (Å²) in [6, 6.07) is 1.11. The molecule has 1 aliphatic heterocycles. The first-order valence-electron chi connectivity index (χ1n) is 5.99. The molecule has 0 radical (unpaired) electrons. The quantitative estimate of drug-likeness (QED) is 0.648. The van der Waals surface area contributed by atoms with Gasteiger partial charge in [-0.05, 0) is 26.0 Å². The zero-order valence-electron chi connectivity index (χ0n) is 10.7. The van der Waals surface area contributed by atoms with E-state index in [0.29, 0.717) is 31.6 Å². The number of carbonyl (C=O) groups is 1. The van der Waals surface area contributed by atoms with Crippen molar-refractivity contribution < 1.29 is 18.5 Å². The lowest BCUT2D eigenvalue weighted by atomic mass is 10.0. The van der Waals surface area contributed by atoms with Crippen molar-refractivity contribution in [2.45, 2.75) is 18.9 Å². The fourth-order valence-corrected chi connectivity index (χ4v) is 2.14. The highest BCUT2D eigenvalue weighted by atomic mass is 19.1. The molecular weight excluding hydrogens is 272 g/mol. The molecule has 1 heterocycles. The Morgan fingerprint density at radius 3 is 2.75 bits per heavy atom. The van der Waals surface area contributed by atoms with Crippen LogP contribution in [0.5, 0.6) is 0 Å². The van der Waals surface area contributed by atoms with Crippen molar-refractivity contribution in [1.82, 2.24) is 10.6 Å². The molecule has 1 aromatic carbocycles. The smallest absolute Gasteiger partial charge is 0.308 e. The number of amides is 1. The second-order valence-corrected chi connectivity index (χ2v) is 4.99.